The highest BCUT2D eigenvalue weighted by Gasteiger charge is 2.35. The summed E-state index contributed by atoms with van der Waals surface area (Å²) < 4.78 is 5.03. The van der Waals surface area contributed by atoms with Crippen LogP contribution in [0.1, 0.15) is 6.42 Å². The quantitative estimate of drug-likeness (QED) is 0.699. The van der Waals surface area contributed by atoms with Gasteiger partial charge in [-0.25, -0.2) is 4.79 Å². The van der Waals surface area contributed by atoms with Crippen molar-refractivity contribution in [1.29, 1.82) is 5.26 Å². The maximum Gasteiger partial charge on any atom is 0.317 e. The smallest absolute Gasteiger partial charge is 0.317 e. The molecular formula is C10H15N3O4. The third kappa shape index (κ3) is 3.60. The molecule has 0 aromatic heterocycles. The number of carbonyl (C=O) groups is 2. The van der Waals surface area contributed by atoms with Crippen LogP contribution >= 0.6 is 0 Å². The van der Waals surface area contributed by atoms with E-state index in [1.165, 1.54) is 4.90 Å². The van der Waals surface area contributed by atoms with Crippen molar-refractivity contribution >= 4 is 12.0 Å². The molecule has 17 heavy (non-hydrogen) atoms. The summed E-state index contributed by atoms with van der Waals surface area (Å²) in [5, 5.41) is 19.9. The molecule has 1 saturated heterocycles. The summed E-state index contributed by atoms with van der Waals surface area (Å²) in [7, 11) is 1.55. The molecule has 1 fully saturated rings. The van der Waals surface area contributed by atoms with Crippen molar-refractivity contribution in [2.75, 3.05) is 26.8 Å². The normalized spacial score (nSPS) is 22.8. The van der Waals surface area contributed by atoms with Crippen LogP contribution in [-0.2, 0) is 9.53 Å². The molecule has 1 heterocycles. The second-order valence-electron chi connectivity index (χ2n) is 3.87. The number of aliphatic carboxylic acids is 1. The fourth-order valence-electron chi connectivity index (χ4n) is 1.53. The lowest BCUT2D eigenvalue weighted by Gasteiger charge is -2.21. The fraction of sp³-hybridized carbons (Fsp3) is 0.700. The van der Waals surface area contributed by atoms with Gasteiger partial charge in [0, 0.05) is 13.6 Å². The molecule has 0 saturated carbocycles. The highest BCUT2D eigenvalue weighted by molar-refractivity contribution is 5.77. The predicted octanol–water partition coefficient (Wildman–Crippen LogP) is -0.359. The molecule has 2 unspecified atom stereocenters. The first kappa shape index (κ1) is 13.3. The Kier molecular flexibility index (Phi) is 4.72. The van der Waals surface area contributed by atoms with E-state index in [9.17, 15) is 9.59 Å². The largest absolute Gasteiger partial charge is 0.481 e. The highest BCUT2D eigenvalue weighted by Crippen LogP contribution is 2.14. The van der Waals surface area contributed by atoms with Crippen molar-refractivity contribution < 1.29 is 19.4 Å². The lowest BCUT2D eigenvalue weighted by Crippen LogP contribution is -2.47. The van der Waals surface area contributed by atoms with Crippen LogP contribution in [0.5, 0.6) is 0 Å². The van der Waals surface area contributed by atoms with Crippen LogP contribution in [0.4, 0.5) is 4.79 Å². The molecule has 2 N–H and O–H groups in total. The van der Waals surface area contributed by atoms with Gasteiger partial charge in [0.05, 0.1) is 31.7 Å². The van der Waals surface area contributed by atoms with Crippen LogP contribution < -0.4 is 5.32 Å². The van der Waals surface area contributed by atoms with E-state index in [2.05, 4.69) is 5.32 Å². The number of nitrogens with zero attached hydrogens (tertiary/aromatic N) is 2. The molecule has 0 bridgehead atoms. The first-order valence-corrected chi connectivity index (χ1v) is 5.25. The van der Waals surface area contributed by atoms with Crippen molar-refractivity contribution in [1.82, 2.24) is 10.2 Å². The van der Waals surface area contributed by atoms with Crippen molar-refractivity contribution in [2.45, 2.75) is 12.5 Å². The Morgan fingerprint density at radius 1 is 1.59 bits per heavy atom. The molecule has 2 atom stereocenters. The lowest BCUT2D eigenvalue weighted by atomic mass is 10.0. The zero-order chi connectivity index (χ0) is 12.8. The van der Waals surface area contributed by atoms with E-state index in [0.29, 0.717) is 6.54 Å². The van der Waals surface area contributed by atoms with E-state index < -0.39 is 17.9 Å². The highest BCUT2D eigenvalue weighted by atomic mass is 16.5. The second kappa shape index (κ2) is 6.06. The van der Waals surface area contributed by atoms with Gasteiger partial charge >= 0.3 is 12.0 Å². The summed E-state index contributed by atoms with van der Waals surface area (Å²) in [5.74, 6) is -1.68. The van der Waals surface area contributed by atoms with Crippen LogP contribution in [0.3, 0.4) is 0 Å². The Balaban J connectivity index is 2.45. The Morgan fingerprint density at radius 2 is 2.29 bits per heavy atom. The van der Waals surface area contributed by atoms with E-state index in [-0.39, 0.29) is 25.7 Å². The van der Waals surface area contributed by atoms with Gasteiger partial charge in [-0.2, -0.15) is 5.26 Å². The van der Waals surface area contributed by atoms with Crippen LogP contribution in [0.15, 0.2) is 0 Å². The summed E-state index contributed by atoms with van der Waals surface area (Å²) in [6.45, 7) is 0.630. The number of carboxylic acids is 1. The molecule has 2 amide bonds. The number of carboxylic acid groups (broad SMARTS) is 1. The molecule has 94 valence electrons. The van der Waals surface area contributed by atoms with Gasteiger partial charge in [-0.1, -0.05) is 0 Å². The number of carbonyl (C=O) groups excluding carboxylic acids is 1. The van der Waals surface area contributed by atoms with E-state index in [1.54, 1.807) is 7.05 Å². The van der Waals surface area contributed by atoms with E-state index >= 15 is 0 Å². The first-order valence-electron chi connectivity index (χ1n) is 5.25. The number of hydrogen-bond acceptors (Lipinski definition) is 4. The van der Waals surface area contributed by atoms with Gasteiger partial charge in [0.2, 0.25) is 0 Å². The van der Waals surface area contributed by atoms with Gasteiger partial charge in [-0.15, -0.1) is 0 Å². The van der Waals surface area contributed by atoms with Crippen LogP contribution in [0.2, 0.25) is 0 Å². The number of hydrogen-bond donors (Lipinski definition) is 2. The van der Waals surface area contributed by atoms with E-state index in [0.717, 1.165) is 0 Å². The number of ether oxygens (including phenoxy) is 1. The van der Waals surface area contributed by atoms with Crippen LogP contribution in [-0.4, -0.2) is 54.9 Å². The zero-order valence-corrected chi connectivity index (χ0v) is 9.55. The molecule has 0 spiro atoms. The molecule has 1 aliphatic heterocycles. The summed E-state index contributed by atoms with van der Waals surface area (Å²) in [5.41, 5.74) is 0. The Hall–Kier alpha value is -1.81. The number of rotatable bonds is 4. The van der Waals surface area contributed by atoms with Crippen molar-refractivity contribution in [2.24, 2.45) is 5.92 Å². The molecule has 0 aromatic carbocycles. The molecule has 7 nitrogen and oxygen atoms in total. The second-order valence-corrected chi connectivity index (χ2v) is 3.87. The average Bonchev–Trinajstić information content (AvgIpc) is 2.73. The predicted molar refractivity (Wildman–Crippen MR) is 57.1 cm³/mol. The van der Waals surface area contributed by atoms with Crippen molar-refractivity contribution in [3.63, 3.8) is 0 Å². The molecule has 0 aliphatic carbocycles. The maximum absolute atomic E-state index is 11.6. The van der Waals surface area contributed by atoms with Gasteiger partial charge in [-0.05, 0) is 0 Å². The minimum atomic E-state index is -0.979. The third-order valence-corrected chi connectivity index (χ3v) is 2.61. The van der Waals surface area contributed by atoms with Crippen molar-refractivity contribution in [3.8, 4) is 6.07 Å². The number of nitrogens with one attached hydrogen (secondary N) is 1. The van der Waals surface area contributed by atoms with Crippen LogP contribution in [0.25, 0.3) is 0 Å². The summed E-state index contributed by atoms with van der Waals surface area (Å²) in [4.78, 5) is 23.8. The SMILES string of the molecule is CN(CCC#N)C(=O)NC1COCC1C(=O)O. The molecule has 0 radical (unpaired) electrons. The number of nitriles is 1. The molecule has 1 aliphatic rings. The Labute approximate surface area is 99.0 Å². The zero-order valence-electron chi connectivity index (χ0n) is 9.55. The molecule has 1 rings (SSSR count). The Bertz CT molecular complexity index is 339. The standard InChI is InChI=1S/C10H15N3O4/c1-13(4-2-3-11)10(16)12-8-6-17-5-7(8)9(14)15/h7-8H,2,4-6H2,1H3,(H,12,16)(H,14,15). The number of amides is 2. The van der Waals surface area contributed by atoms with Gasteiger partial charge < -0.3 is 20.1 Å². The molecule has 7 heteroatoms. The molecule has 0 aromatic rings. The van der Waals surface area contributed by atoms with Gasteiger partial charge in [-0.3, -0.25) is 4.79 Å². The van der Waals surface area contributed by atoms with E-state index in [4.69, 9.17) is 15.1 Å². The molecular weight excluding hydrogens is 226 g/mol. The van der Waals surface area contributed by atoms with E-state index in [1.807, 2.05) is 6.07 Å². The average molecular weight is 241 g/mol. The van der Waals surface area contributed by atoms with Gasteiger partial charge in [0.25, 0.3) is 0 Å². The summed E-state index contributed by atoms with van der Waals surface area (Å²) in [6, 6.07) is 1.04. The first-order chi connectivity index (χ1) is 8.06. The van der Waals surface area contributed by atoms with Crippen molar-refractivity contribution in [3.05, 3.63) is 0 Å². The summed E-state index contributed by atoms with van der Waals surface area (Å²) >= 11 is 0. The number of urea groups is 1. The maximum atomic E-state index is 11.6. The fourth-order valence-corrected chi connectivity index (χ4v) is 1.53. The van der Waals surface area contributed by atoms with Gasteiger partial charge in [0.1, 0.15) is 5.92 Å². The van der Waals surface area contributed by atoms with Gasteiger partial charge in [0.15, 0.2) is 0 Å². The lowest BCUT2D eigenvalue weighted by molar-refractivity contribution is -0.142. The summed E-state index contributed by atoms with van der Waals surface area (Å²) in [6.07, 6.45) is 0.243. The Morgan fingerprint density at radius 3 is 2.88 bits per heavy atom. The third-order valence-electron chi connectivity index (χ3n) is 2.61. The minimum Gasteiger partial charge on any atom is -0.481 e. The minimum absolute atomic E-state index is 0.113. The monoisotopic (exact) mass is 241 g/mol. The van der Waals surface area contributed by atoms with Crippen LogP contribution in [0, 0.1) is 17.2 Å². The topological polar surface area (TPSA) is 103 Å².